The third-order valence-corrected chi connectivity index (χ3v) is 4.38. The van der Waals surface area contributed by atoms with E-state index in [0.29, 0.717) is 36.2 Å². The Hall–Kier alpha value is -1.92. The van der Waals surface area contributed by atoms with Crippen molar-refractivity contribution in [2.75, 3.05) is 7.05 Å². The van der Waals surface area contributed by atoms with Crippen LogP contribution in [0.5, 0.6) is 0 Å². The fourth-order valence-electron chi connectivity index (χ4n) is 2.89. The molecular formula is C16H19ClN4O2. The first kappa shape index (κ1) is 16.0. The molecule has 122 valence electrons. The topological polar surface area (TPSA) is 71.3 Å². The zero-order valence-corrected chi connectivity index (χ0v) is 13.9. The van der Waals surface area contributed by atoms with Gasteiger partial charge in [0.05, 0.1) is 12.6 Å². The van der Waals surface area contributed by atoms with Crippen molar-refractivity contribution in [3.8, 4) is 0 Å². The number of carbonyl (C=O) groups is 1. The number of nitrogens with zero attached hydrogens (tertiary/aromatic N) is 3. The second kappa shape index (κ2) is 6.68. The number of nitrogens with one attached hydrogen (secondary N) is 1. The summed E-state index contributed by atoms with van der Waals surface area (Å²) in [5, 5.41) is 12.0. The monoisotopic (exact) mass is 334 g/mol. The number of hydrogen-bond acceptors (Lipinski definition) is 5. The molecule has 3 rings (SSSR count). The summed E-state index contributed by atoms with van der Waals surface area (Å²) >= 11 is 5.95. The fraction of sp³-hybridized carbons (Fsp3) is 0.438. The first-order valence-electron chi connectivity index (χ1n) is 7.64. The normalized spacial score (nSPS) is 21.2. The minimum atomic E-state index is -0.0340. The Kier molecular flexibility index (Phi) is 4.63. The zero-order chi connectivity index (χ0) is 16.4. The molecule has 1 saturated heterocycles. The number of likely N-dealkylation sites (tertiary alicyclic amines) is 1. The molecule has 0 spiro atoms. The van der Waals surface area contributed by atoms with Gasteiger partial charge in [-0.1, -0.05) is 30.7 Å². The van der Waals surface area contributed by atoms with Crippen LogP contribution in [0.1, 0.15) is 36.7 Å². The second-order valence-corrected chi connectivity index (χ2v) is 6.07. The van der Waals surface area contributed by atoms with Crippen LogP contribution >= 0.6 is 11.6 Å². The number of hydrogen-bond donors (Lipinski definition) is 1. The van der Waals surface area contributed by atoms with Gasteiger partial charge in [-0.3, -0.25) is 4.79 Å². The Morgan fingerprint density at radius 1 is 1.30 bits per heavy atom. The van der Waals surface area contributed by atoms with Crippen molar-refractivity contribution < 1.29 is 9.21 Å². The lowest BCUT2D eigenvalue weighted by Gasteiger charge is -2.25. The minimum absolute atomic E-state index is 0.00866. The van der Waals surface area contributed by atoms with Gasteiger partial charge in [-0.25, -0.2) is 0 Å². The van der Waals surface area contributed by atoms with E-state index in [-0.39, 0.29) is 18.0 Å². The van der Waals surface area contributed by atoms with Crippen molar-refractivity contribution in [3.05, 3.63) is 46.6 Å². The van der Waals surface area contributed by atoms with Gasteiger partial charge in [-0.15, -0.1) is 10.2 Å². The van der Waals surface area contributed by atoms with E-state index in [0.717, 1.165) is 5.56 Å². The Morgan fingerprint density at radius 3 is 2.65 bits per heavy atom. The molecule has 0 aliphatic carbocycles. The van der Waals surface area contributed by atoms with Gasteiger partial charge in [0.1, 0.15) is 0 Å². The quantitative estimate of drug-likeness (QED) is 0.908. The minimum Gasteiger partial charge on any atom is -0.424 e. The Bertz CT molecular complexity index is 686. The molecule has 23 heavy (non-hydrogen) atoms. The van der Waals surface area contributed by atoms with E-state index in [9.17, 15) is 4.79 Å². The highest BCUT2D eigenvalue weighted by atomic mass is 35.5. The molecule has 6 nitrogen and oxygen atoms in total. The number of carbonyl (C=O) groups excluding carboxylic acids is 1. The number of halogens is 1. The standard InChI is InChI=1S/C16H19ClN4O2/c1-3-13-19-20-14(23-13)9-18-12-8-15(22)21(2)16(12)10-4-6-11(17)7-5-10/h4-7,12,16,18H,3,8-9H2,1-2H3/t12-,16-/m1/s1. The van der Waals surface area contributed by atoms with Crippen LogP contribution in [0.2, 0.25) is 5.02 Å². The molecule has 1 aliphatic rings. The predicted octanol–water partition coefficient (Wildman–Crippen LogP) is 2.35. The van der Waals surface area contributed by atoms with Gasteiger partial charge in [-0.05, 0) is 17.7 Å². The Balaban J connectivity index is 1.73. The van der Waals surface area contributed by atoms with Crippen molar-refractivity contribution in [2.45, 2.75) is 38.4 Å². The molecule has 7 heteroatoms. The smallest absolute Gasteiger partial charge is 0.230 e. The Labute approximate surface area is 139 Å². The summed E-state index contributed by atoms with van der Waals surface area (Å²) in [5.74, 6) is 1.27. The van der Waals surface area contributed by atoms with Gasteiger partial charge in [0.25, 0.3) is 0 Å². The molecule has 2 aromatic rings. The number of likely N-dealkylation sites (N-methyl/N-ethyl adjacent to an activating group) is 1. The van der Waals surface area contributed by atoms with Crippen LogP contribution in [0, 0.1) is 0 Å². The SMILES string of the molecule is CCc1nnc(CN[C@@H]2CC(=O)N(C)[C@@H]2c2ccc(Cl)cc2)o1. The molecular weight excluding hydrogens is 316 g/mol. The molecule has 1 amide bonds. The van der Waals surface area contributed by atoms with Gasteiger partial charge in [0.2, 0.25) is 17.7 Å². The van der Waals surface area contributed by atoms with Crippen LogP contribution in [0.15, 0.2) is 28.7 Å². The summed E-state index contributed by atoms with van der Waals surface area (Å²) in [6.07, 6.45) is 1.16. The third-order valence-electron chi connectivity index (χ3n) is 4.12. The van der Waals surface area contributed by atoms with Gasteiger partial charge < -0.3 is 14.6 Å². The largest absolute Gasteiger partial charge is 0.424 e. The molecule has 0 unspecified atom stereocenters. The maximum Gasteiger partial charge on any atom is 0.230 e. The number of amides is 1. The van der Waals surface area contributed by atoms with E-state index in [2.05, 4.69) is 15.5 Å². The van der Waals surface area contributed by atoms with E-state index in [1.807, 2.05) is 38.2 Å². The van der Waals surface area contributed by atoms with Crippen molar-refractivity contribution in [2.24, 2.45) is 0 Å². The average Bonchev–Trinajstić information content (AvgIpc) is 3.12. The highest BCUT2D eigenvalue weighted by molar-refractivity contribution is 6.30. The fourth-order valence-corrected chi connectivity index (χ4v) is 3.02. The summed E-state index contributed by atoms with van der Waals surface area (Å²) < 4.78 is 5.50. The predicted molar refractivity (Wildman–Crippen MR) is 85.9 cm³/mol. The summed E-state index contributed by atoms with van der Waals surface area (Å²) in [4.78, 5) is 13.9. The third kappa shape index (κ3) is 3.38. The highest BCUT2D eigenvalue weighted by Crippen LogP contribution is 2.32. The van der Waals surface area contributed by atoms with Crippen molar-refractivity contribution in [1.29, 1.82) is 0 Å². The van der Waals surface area contributed by atoms with Crippen LogP contribution in [0.25, 0.3) is 0 Å². The van der Waals surface area contributed by atoms with E-state index in [1.54, 1.807) is 4.90 Å². The summed E-state index contributed by atoms with van der Waals surface area (Å²) in [5.41, 5.74) is 1.06. The molecule has 0 radical (unpaired) electrons. The summed E-state index contributed by atoms with van der Waals surface area (Å²) in [7, 11) is 1.82. The molecule has 1 aromatic heterocycles. The van der Waals surface area contributed by atoms with E-state index in [4.69, 9.17) is 16.0 Å². The van der Waals surface area contributed by atoms with Crippen molar-refractivity contribution in [1.82, 2.24) is 20.4 Å². The first-order chi connectivity index (χ1) is 11.1. The summed E-state index contributed by atoms with van der Waals surface area (Å²) in [6, 6.07) is 7.56. The van der Waals surface area contributed by atoms with Crippen LogP contribution in [-0.2, 0) is 17.8 Å². The highest BCUT2D eigenvalue weighted by Gasteiger charge is 2.38. The molecule has 2 heterocycles. The molecule has 1 N–H and O–H groups in total. The molecule has 0 saturated carbocycles. The maximum absolute atomic E-state index is 12.1. The molecule has 0 bridgehead atoms. The van der Waals surface area contributed by atoms with Gasteiger partial charge >= 0.3 is 0 Å². The Morgan fingerprint density at radius 2 is 2.00 bits per heavy atom. The lowest BCUT2D eigenvalue weighted by Crippen LogP contribution is -2.34. The lowest BCUT2D eigenvalue weighted by molar-refractivity contribution is -0.127. The summed E-state index contributed by atoms with van der Waals surface area (Å²) in [6.45, 7) is 2.41. The van der Waals surface area contributed by atoms with Crippen molar-refractivity contribution in [3.63, 3.8) is 0 Å². The first-order valence-corrected chi connectivity index (χ1v) is 8.02. The van der Waals surface area contributed by atoms with Crippen molar-refractivity contribution >= 4 is 17.5 Å². The number of aryl methyl sites for hydroxylation is 1. The van der Waals surface area contributed by atoms with Gasteiger partial charge in [-0.2, -0.15) is 0 Å². The lowest BCUT2D eigenvalue weighted by atomic mass is 10.0. The zero-order valence-electron chi connectivity index (χ0n) is 13.1. The number of aromatic nitrogens is 2. The van der Waals surface area contributed by atoms with Gasteiger partial charge in [0.15, 0.2) is 0 Å². The van der Waals surface area contributed by atoms with E-state index < -0.39 is 0 Å². The second-order valence-electron chi connectivity index (χ2n) is 5.64. The molecule has 1 aromatic carbocycles. The van der Waals surface area contributed by atoms with Crippen LogP contribution in [-0.4, -0.2) is 34.1 Å². The molecule has 1 fully saturated rings. The van der Waals surface area contributed by atoms with Crippen LogP contribution in [0.3, 0.4) is 0 Å². The molecule has 2 atom stereocenters. The maximum atomic E-state index is 12.1. The van der Waals surface area contributed by atoms with Crippen LogP contribution in [0.4, 0.5) is 0 Å². The average molecular weight is 335 g/mol. The number of benzene rings is 1. The van der Waals surface area contributed by atoms with Crippen LogP contribution < -0.4 is 5.32 Å². The van der Waals surface area contributed by atoms with E-state index in [1.165, 1.54) is 0 Å². The van der Waals surface area contributed by atoms with Gasteiger partial charge in [0, 0.05) is 31.0 Å². The number of rotatable bonds is 5. The van der Waals surface area contributed by atoms with E-state index >= 15 is 0 Å². The molecule has 1 aliphatic heterocycles.